The minimum absolute atomic E-state index is 0.0421. The Balaban J connectivity index is 1.50. The molecule has 2 aromatic rings. The fourth-order valence-corrected chi connectivity index (χ4v) is 3.91. The average molecular weight is 353 g/mol. The second-order valence-corrected chi connectivity index (χ2v) is 7.74. The summed E-state index contributed by atoms with van der Waals surface area (Å²) in [7, 11) is 0. The molecule has 1 atom stereocenters. The number of carbonyl (C=O) groups excluding carboxylic acids is 2. The van der Waals surface area contributed by atoms with Gasteiger partial charge in [-0.3, -0.25) is 9.59 Å². The van der Waals surface area contributed by atoms with Crippen molar-refractivity contribution in [2.24, 2.45) is 5.92 Å². The minimum Gasteiger partial charge on any atom is -0.361 e. The average Bonchev–Trinajstić information content (AvgIpc) is 3.40. The van der Waals surface area contributed by atoms with Gasteiger partial charge in [0.2, 0.25) is 11.8 Å². The van der Waals surface area contributed by atoms with Crippen LogP contribution in [0.25, 0.3) is 10.9 Å². The highest BCUT2D eigenvalue weighted by molar-refractivity contribution is 5.90. The van der Waals surface area contributed by atoms with E-state index in [0.29, 0.717) is 12.5 Å². The molecular formula is C21H27N3O2. The summed E-state index contributed by atoms with van der Waals surface area (Å²) < 4.78 is 0. The van der Waals surface area contributed by atoms with Crippen LogP contribution in [0.2, 0.25) is 0 Å². The molecule has 26 heavy (non-hydrogen) atoms. The second-order valence-electron chi connectivity index (χ2n) is 7.74. The quantitative estimate of drug-likeness (QED) is 0.747. The summed E-state index contributed by atoms with van der Waals surface area (Å²) in [5.74, 6) is 0.0466. The van der Waals surface area contributed by atoms with E-state index in [1.807, 2.05) is 24.4 Å². The van der Waals surface area contributed by atoms with Crippen molar-refractivity contribution in [1.29, 1.82) is 0 Å². The maximum absolute atomic E-state index is 12.7. The summed E-state index contributed by atoms with van der Waals surface area (Å²) in [6.07, 6.45) is 9.87. The van der Waals surface area contributed by atoms with Crippen LogP contribution in [0, 0.1) is 5.92 Å². The van der Waals surface area contributed by atoms with Gasteiger partial charge in [0.05, 0.1) is 0 Å². The lowest BCUT2D eigenvalue weighted by molar-refractivity contribution is -0.131. The Bertz CT molecular complexity index is 787. The Hall–Kier alpha value is -2.30. The number of hydrogen-bond donors (Lipinski definition) is 3. The van der Waals surface area contributed by atoms with E-state index in [0.717, 1.165) is 55.0 Å². The molecule has 3 N–H and O–H groups in total. The van der Waals surface area contributed by atoms with Crippen molar-refractivity contribution in [1.82, 2.24) is 15.6 Å². The van der Waals surface area contributed by atoms with Gasteiger partial charge >= 0.3 is 0 Å². The number of amides is 2. The number of aromatic nitrogens is 1. The van der Waals surface area contributed by atoms with Gasteiger partial charge < -0.3 is 15.6 Å². The Labute approximate surface area is 153 Å². The summed E-state index contributed by atoms with van der Waals surface area (Å²) in [6.45, 7) is 0. The number of benzene rings is 1. The van der Waals surface area contributed by atoms with Crippen LogP contribution in [0.3, 0.4) is 0 Å². The Morgan fingerprint density at radius 2 is 1.85 bits per heavy atom. The fourth-order valence-electron chi connectivity index (χ4n) is 3.91. The monoisotopic (exact) mass is 353 g/mol. The molecule has 2 fully saturated rings. The number of hydrogen-bond acceptors (Lipinski definition) is 2. The van der Waals surface area contributed by atoms with E-state index in [4.69, 9.17) is 0 Å². The number of fused-ring (bicyclic) bond motifs is 1. The van der Waals surface area contributed by atoms with E-state index >= 15 is 0 Å². The third-order valence-corrected chi connectivity index (χ3v) is 5.63. The molecule has 138 valence electrons. The normalized spacial score (nSPS) is 19.2. The number of nitrogens with one attached hydrogen (secondary N) is 3. The van der Waals surface area contributed by atoms with Crippen LogP contribution in [0.15, 0.2) is 30.5 Å². The first-order chi connectivity index (χ1) is 12.7. The largest absolute Gasteiger partial charge is 0.361 e. The van der Waals surface area contributed by atoms with Crippen molar-refractivity contribution >= 4 is 22.7 Å². The van der Waals surface area contributed by atoms with Crippen LogP contribution >= 0.6 is 0 Å². The van der Waals surface area contributed by atoms with Gasteiger partial charge in [0.15, 0.2) is 0 Å². The molecule has 1 aromatic carbocycles. The molecule has 5 heteroatoms. The zero-order valence-electron chi connectivity index (χ0n) is 15.1. The molecule has 0 radical (unpaired) electrons. The number of H-pyrrole nitrogens is 1. The van der Waals surface area contributed by atoms with Gasteiger partial charge in [-0.2, -0.15) is 0 Å². The van der Waals surface area contributed by atoms with Gasteiger partial charge in [0.25, 0.3) is 0 Å². The van der Waals surface area contributed by atoms with Crippen molar-refractivity contribution in [3.63, 3.8) is 0 Å². The lowest BCUT2D eigenvalue weighted by atomic mass is 9.88. The van der Waals surface area contributed by atoms with Gasteiger partial charge in [-0.1, -0.05) is 37.5 Å². The first-order valence-electron chi connectivity index (χ1n) is 9.86. The third-order valence-electron chi connectivity index (χ3n) is 5.63. The van der Waals surface area contributed by atoms with E-state index in [2.05, 4.69) is 21.7 Å². The molecule has 4 rings (SSSR count). The lowest BCUT2D eigenvalue weighted by Crippen LogP contribution is -2.50. The van der Waals surface area contributed by atoms with Crippen LogP contribution < -0.4 is 10.6 Å². The summed E-state index contributed by atoms with van der Waals surface area (Å²) in [5, 5.41) is 7.23. The second kappa shape index (κ2) is 7.52. The van der Waals surface area contributed by atoms with Gasteiger partial charge in [-0.05, 0) is 37.3 Å². The molecule has 0 saturated heterocycles. The van der Waals surface area contributed by atoms with Crippen LogP contribution in [-0.2, 0) is 16.0 Å². The van der Waals surface area contributed by atoms with E-state index in [-0.39, 0.29) is 17.7 Å². The Morgan fingerprint density at radius 3 is 2.62 bits per heavy atom. The molecule has 0 unspecified atom stereocenters. The number of carbonyl (C=O) groups is 2. The van der Waals surface area contributed by atoms with Crippen LogP contribution in [0.5, 0.6) is 0 Å². The van der Waals surface area contributed by atoms with Crippen molar-refractivity contribution in [3.05, 3.63) is 36.0 Å². The molecule has 0 aliphatic heterocycles. The van der Waals surface area contributed by atoms with Gasteiger partial charge in [0.1, 0.15) is 6.04 Å². The smallest absolute Gasteiger partial charge is 0.243 e. The fraction of sp³-hybridized carbons (Fsp3) is 0.524. The third kappa shape index (κ3) is 3.92. The van der Waals surface area contributed by atoms with Crippen molar-refractivity contribution in [2.75, 3.05) is 0 Å². The highest BCUT2D eigenvalue weighted by atomic mass is 16.2. The van der Waals surface area contributed by atoms with Crippen molar-refractivity contribution in [3.8, 4) is 0 Å². The molecular weight excluding hydrogens is 326 g/mol. The minimum atomic E-state index is -0.510. The predicted octanol–water partition coefficient (Wildman–Crippen LogP) is 3.05. The molecule has 2 aliphatic carbocycles. The van der Waals surface area contributed by atoms with Crippen LogP contribution in [0.1, 0.15) is 50.5 Å². The van der Waals surface area contributed by atoms with E-state index in [1.54, 1.807) is 0 Å². The van der Waals surface area contributed by atoms with Crippen molar-refractivity contribution < 1.29 is 9.59 Å². The predicted molar refractivity (Wildman–Crippen MR) is 102 cm³/mol. The molecule has 2 amide bonds. The number of rotatable bonds is 6. The number of para-hydroxylation sites is 1. The number of aromatic amines is 1. The summed E-state index contributed by atoms with van der Waals surface area (Å²) >= 11 is 0. The van der Waals surface area contributed by atoms with Gasteiger partial charge in [-0.15, -0.1) is 0 Å². The van der Waals surface area contributed by atoms with Crippen molar-refractivity contribution in [2.45, 2.75) is 63.5 Å². The van der Waals surface area contributed by atoms with E-state index < -0.39 is 6.04 Å². The van der Waals surface area contributed by atoms with Crippen LogP contribution in [-0.4, -0.2) is 28.9 Å². The molecule has 0 bridgehead atoms. The SMILES string of the molecule is O=C(N[C@@H](Cc1c[nH]c2ccccc12)C(=O)NC1CC1)C1CCCCC1. The summed E-state index contributed by atoms with van der Waals surface area (Å²) in [4.78, 5) is 28.7. The Kier molecular flexibility index (Phi) is 4.96. The molecule has 2 aliphatic rings. The van der Waals surface area contributed by atoms with Gasteiger partial charge in [0, 0.05) is 35.5 Å². The zero-order chi connectivity index (χ0) is 17.9. The molecule has 1 aromatic heterocycles. The topological polar surface area (TPSA) is 74.0 Å². The van der Waals surface area contributed by atoms with E-state index in [9.17, 15) is 9.59 Å². The Morgan fingerprint density at radius 1 is 1.08 bits per heavy atom. The molecule has 2 saturated carbocycles. The zero-order valence-corrected chi connectivity index (χ0v) is 15.1. The molecule has 1 heterocycles. The van der Waals surface area contributed by atoms with Crippen LogP contribution in [0.4, 0.5) is 0 Å². The standard InChI is InChI=1S/C21H27N3O2/c25-20(14-6-2-1-3-7-14)24-19(21(26)23-16-10-11-16)12-15-13-22-18-9-5-4-8-17(15)18/h4-5,8-9,13-14,16,19,22H,1-3,6-7,10-12H2,(H,23,26)(H,24,25)/t19-/m0/s1. The molecule has 5 nitrogen and oxygen atoms in total. The first kappa shape index (κ1) is 17.1. The van der Waals surface area contributed by atoms with Gasteiger partial charge in [-0.25, -0.2) is 0 Å². The lowest BCUT2D eigenvalue weighted by Gasteiger charge is -2.24. The summed E-state index contributed by atoms with van der Waals surface area (Å²) in [6, 6.07) is 7.85. The highest BCUT2D eigenvalue weighted by Gasteiger charge is 2.31. The maximum atomic E-state index is 12.7. The highest BCUT2D eigenvalue weighted by Crippen LogP contribution is 2.25. The summed E-state index contributed by atoms with van der Waals surface area (Å²) in [5.41, 5.74) is 2.13. The maximum Gasteiger partial charge on any atom is 0.243 e. The van der Waals surface area contributed by atoms with E-state index in [1.165, 1.54) is 6.42 Å². The molecule has 0 spiro atoms. The first-order valence-corrected chi connectivity index (χ1v) is 9.86.